The number of fused-ring (bicyclic) bond motifs is 1. The Kier molecular flexibility index (Phi) is 4.80. The Bertz CT molecular complexity index is 641. The molecular formula is C14H20ClN5O. The van der Waals surface area contributed by atoms with Crippen molar-refractivity contribution in [1.29, 1.82) is 0 Å². The van der Waals surface area contributed by atoms with Gasteiger partial charge in [0, 0.05) is 31.7 Å². The van der Waals surface area contributed by atoms with Gasteiger partial charge in [-0.3, -0.25) is 4.79 Å². The molecule has 2 heterocycles. The summed E-state index contributed by atoms with van der Waals surface area (Å²) in [5.74, 6) is 0.0488. The van der Waals surface area contributed by atoms with Gasteiger partial charge in [0.1, 0.15) is 5.52 Å². The Labute approximate surface area is 129 Å². The highest BCUT2D eigenvalue weighted by atomic mass is 35.5. The van der Waals surface area contributed by atoms with Gasteiger partial charge in [0.05, 0.1) is 5.52 Å². The predicted molar refractivity (Wildman–Crippen MR) is 83.5 cm³/mol. The van der Waals surface area contributed by atoms with Crippen molar-refractivity contribution in [2.45, 2.75) is 25.3 Å². The normalized spacial score (nSPS) is 18.6. The number of carbonyl (C=O) groups is 1. The van der Waals surface area contributed by atoms with E-state index in [1.807, 2.05) is 30.1 Å². The Morgan fingerprint density at radius 1 is 1.43 bits per heavy atom. The molecule has 1 saturated heterocycles. The molecule has 3 rings (SSSR count). The first-order chi connectivity index (χ1) is 9.70. The number of likely N-dealkylation sites (tertiary alicyclic amines) is 1. The van der Waals surface area contributed by atoms with Crippen molar-refractivity contribution in [3.05, 3.63) is 23.8 Å². The van der Waals surface area contributed by atoms with Crippen LogP contribution < -0.4 is 5.73 Å². The first kappa shape index (κ1) is 15.7. The molecule has 0 bridgehead atoms. The van der Waals surface area contributed by atoms with Crippen molar-refractivity contribution in [2.75, 3.05) is 13.1 Å². The lowest BCUT2D eigenvalue weighted by molar-refractivity contribution is 0.0623. The number of amides is 1. The maximum Gasteiger partial charge on any atom is 0.254 e. The van der Waals surface area contributed by atoms with Gasteiger partial charge < -0.3 is 10.6 Å². The van der Waals surface area contributed by atoms with Gasteiger partial charge in [-0.1, -0.05) is 5.21 Å². The van der Waals surface area contributed by atoms with E-state index in [0.29, 0.717) is 12.1 Å². The molecule has 6 nitrogen and oxygen atoms in total. The maximum atomic E-state index is 12.6. The summed E-state index contributed by atoms with van der Waals surface area (Å²) in [6.45, 7) is 1.32. The van der Waals surface area contributed by atoms with Crippen molar-refractivity contribution in [2.24, 2.45) is 12.8 Å². The average Bonchev–Trinajstić information content (AvgIpc) is 2.87. The number of rotatable bonds is 2. The zero-order chi connectivity index (χ0) is 14.1. The third kappa shape index (κ3) is 2.87. The van der Waals surface area contributed by atoms with Gasteiger partial charge in [0.2, 0.25) is 0 Å². The van der Waals surface area contributed by atoms with Crippen molar-refractivity contribution >= 4 is 29.3 Å². The first-order valence-electron chi connectivity index (χ1n) is 7.01. The second kappa shape index (κ2) is 6.41. The number of aryl methyl sites for hydroxylation is 1. The summed E-state index contributed by atoms with van der Waals surface area (Å²) in [6.07, 6.45) is 3.19. The monoisotopic (exact) mass is 309 g/mol. The van der Waals surface area contributed by atoms with Crippen LogP contribution in [0.2, 0.25) is 0 Å². The van der Waals surface area contributed by atoms with Crippen LogP contribution in [0.1, 0.15) is 29.6 Å². The van der Waals surface area contributed by atoms with E-state index < -0.39 is 0 Å². The predicted octanol–water partition coefficient (Wildman–Crippen LogP) is 1.34. The van der Waals surface area contributed by atoms with Crippen LogP contribution in [0.4, 0.5) is 0 Å². The molecule has 0 saturated carbocycles. The molecule has 1 aliphatic rings. The molecule has 0 radical (unpaired) electrons. The van der Waals surface area contributed by atoms with Gasteiger partial charge >= 0.3 is 0 Å². The minimum Gasteiger partial charge on any atom is -0.334 e. The van der Waals surface area contributed by atoms with Gasteiger partial charge in [-0.05, 0) is 37.5 Å². The largest absolute Gasteiger partial charge is 0.334 e. The number of halogens is 1. The third-order valence-electron chi connectivity index (χ3n) is 4.02. The number of benzene rings is 1. The molecule has 1 aromatic heterocycles. The fraction of sp³-hybridized carbons (Fsp3) is 0.500. The van der Waals surface area contributed by atoms with Gasteiger partial charge in [0.25, 0.3) is 5.91 Å². The summed E-state index contributed by atoms with van der Waals surface area (Å²) >= 11 is 0. The van der Waals surface area contributed by atoms with Gasteiger partial charge in [-0.2, -0.15) is 0 Å². The fourth-order valence-electron chi connectivity index (χ4n) is 2.85. The van der Waals surface area contributed by atoms with Crippen LogP contribution >= 0.6 is 12.4 Å². The molecule has 0 spiro atoms. The molecule has 2 N–H and O–H groups in total. The second-order valence-electron chi connectivity index (χ2n) is 5.30. The zero-order valence-electron chi connectivity index (χ0n) is 12.0. The number of aromatic nitrogens is 3. The molecule has 114 valence electrons. The lowest BCUT2D eigenvalue weighted by Crippen LogP contribution is -2.47. The number of carbonyl (C=O) groups excluding carboxylic acids is 1. The van der Waals surface area contributed by atoms with E-state index in [2.05, 4.69) is 10.3 Å². The van der Waals surface area contributed by atoms with E-state index in [-0.39, 0.29) is 24.4 Å². The number of nitrogens with two attached hydrogens (primary N) is 1. The minimum absolute atomic E-state index is 0. The molecule has 1 amide bonds. The van der Waals surface area contributed by atoms with Crippen molar-refractivity contribution in [3.8, 4) is 0 Å². The maximum absolute atomic E-state index is 12.6. The van der Waals surface area contributed by atoms with Crippen LogP contribution in [0.3, 0.4) is 0 Å². The van der Waals surface area contributed by atoms with Gasteiger partial charge in [0.15, 0.2) is 0 Å². The highest BCUT2D eigenvalue weighted by molar-refractivity contribution is 5.97. The summed E-state index contributed by atoms with van der Waals surface area (Å²) in [7, 11) is 1.84. The number of hydrogen-bond donors (Lipinski definition) is 1. The number of piperidine rings is 1. The standard InChI is InChI=1S/C14H19N5O.ClH/c1-18-13-6-5-10(8-12(13)16-17-18)14(20)19-7-3-2-4-11(19)9-15;/h5-6,8,11H,2-4,7,9,15H2,1H3;1H. The van der Waals surface area contributed by atoms with Crippen LogP contribution in [0, 0.1) is 0 Å². The average molecular weight is 310 g/mol. The fourth-order valence-corrected chi connectivity index (χ4v) is 2.85. The third-order valence-corrected chi connectivity index (χ3v) is 4.02. The SMILES string of the molecule is Cl.Cn1nnc2cc(C(=O)N3CCCCC3CN)ccc21. The van der Waals surface area contributed by atoms with Crippen molar-refractivity contribution < 1.29 is 4.79 Å². The Morgan fingerprint density at radius 3 is 3.00 bits per heavy atom. The summed E-state index contributed by atoms with van der Waals surface area (Å²) in [5, 5.41) is 8.02. The van der Waals surface area contributed by atoms with E-state index >= 15 is 0 Å². The van der Waals surface area contributed by atoms with Crippen LogP contribution in [-0.4, -0.2) is 44.9 Å². The molecule has 1 unspecified atom stereocenters. The summed E-state index contributed by atoms with van der Waals surface area (Å²) in [4.78, 5) is 14.5. The van der Waals surface area contributed by atoms with Crippen LogP contribution in [0.5, 0.6) is 0 Å². The highest BCUT2D eigenvalue weighted by Gasteiger charge is 2.26. The molecule has 7 heteroatoms. The smallest absolute Gasteiger partial charge is 0.254 e. The van der Waals surface area contributed by atoms with Crippen LogP contribution in [-0.2, 0) is 7.05 Å². The lowest BCUT2D eigenvalue weighted by Gasteiger charge is -2.35. The van der Waals surface area contributed by atoms with E-state index in [9.17, 15) is 4.79 Å². The summed E-state index contributed by atoms with van der Waals surface area (Å²) in [5.41, 5.74) is 8.13. The Balaban J connectivity index is 0.00000161. The van der Waals surface area contributed by atoms with Crippen LogP contribution in [0.15, 0.2) is 18.2 Å². The summed E-state index contributed by atoms with van der Waals surface area (Å²) in [6, 6.07) is 5.71. The lowest BCUT2D eigenvalue weighted by atomic mass is 10.0. The minimum atomic E-state index is 0. The van der Waals surface area contributed by atoms with E-state index in [0.717, 1.165) is 36.8 Å². The van der Waals surface area contributed by atoms with Gasteiger partial charge in [-0.25, -0.2) is 4.68 Å². The molecule has 0 aliphatic carbocycles. The van der Waals surface area contributed by atoms with Gasteiger partial charge in [-0.15, -0.1) is 17.5 Å². The quantitative estimate of drug-likeness (QED) is 0.908. The first-order valence-corrected chi connectivity index (χ1v) is 7.01. The molecule has 1 aromatic carbocycles. The number of hydrogen-bond acceptors (Lipinski definition) is 4. The van der Waals surface area contributed by atoms with E-state index in [1.165, 1.54) is 0 Å². The second-order valence-corrected chi connectivity index (χ2v) is 5.30. The van der Waals surface area contributed by atoms with Crippen molar-refractivity contribution in [3.63, 3.8) is 0 Å². The zero-order valence-corrected chi connectivity index (χ0v) is 12.8. The Hall–Kier alpha value is -1.66. The molecule has 2 aromatic rings. The Morgan fingerprint density at radius 2 is 2.24 bits per heavy atom. The molecule has 21 heavy (non-hydrogen) atoms. The van der Waals surface area contributed by atoms with Crippen LogP contribution in [0.25, 0.3) is 11.0 Å². The molecule has 1 fully saturated rings. The highest BCUT2D eigenvalue weighted by Crippen LogP contribution is 2.20. The number of nitrogens with zero attached hydrogens (tertiary/aromatic N) is 4. The topological polar surface area (TPSA) is 77.0 Å². The summed E-state index contributed by atoms with van der Waals surface area (Å²) < 4.78 is 1.70. The van der Waals surface area contributed by atoms with Crippen molar-refractivity contribution in [1.82, 2.24) is 19.9 Å². The molecular weight excluding hydrogens is 290 g/mol. The molecule has 1 aliphatic heterocycles. The van der Waals surface area contributed by atoms with E-state index in [1.54, 1.807) is 4.68 Å². The molecule has 1 atom stereocenters. The van der Waals surface area contributed by atoms with E-state index in [4.69, 9.17) is 5.73 Å².